The molecule has 1 aliphatic rings. The molecule has 0 heterocycles. The van der Waals surface area contributed by atoms with Gasteiger partial charge in [-0.15, -0.1) is 0 Å². The molecule has 1 saturated carbocycles. The number of rotatable bonds is 5. The maximum Gasteiger partial charge on any atom is 0.0300 e. The van der Waals surface area contributed by atoms with Gasteiger partial charge in [0.15, 0.2) is 0 Å². The zero-order chi connectivity index (χ0) is 13.7. The Kier molecular flexibility index (Phi) is 5.45. The van der Waals surface area contributed by atoms with Gasteiger partial charge < -0.3 is 5.73 Å². The third-order valence-electron chi connectivity index (χ3n) is 4.71. The van der Waals surface area contributed by atoms with E-state index in [0.717, 1.165) is 18.8 Å². The molecular formula is C18H29N. The summed E-state index contributed by atoms with van der Waals surface area (Å²) in [6.07, 6.45) is 10.4. The summed E-state index contributed by atoms with van der Waals surface area (Å²) < 4.78 is 0. The number of aryl methyl sites for hydroxylation is 2. The van der Waals surface area contributed by atoms with Crippen molar-refractivity contribution in [2.75, 3.05) is 0 Å². The van der Waals surface area contributed by atoms with Crippen molar-refractivity contribution in [1.29, 1.82) is 0 Å². The fourth-order valence-electron chi connectivity index (χ4n) is 3.44. The number of hydrogen-bond acceptors (Lipinski definition) is 1. The van der Waals surface area contributed by atoms with Crippen LogP contribution >= 0.6 is 0 Å². The molecule has 2 rings (SSSR count). The van der Waals surface area contributed by atoms with Gasteiger partial charge in [-0.25, -0.2) is 0 Å². The van der Waals surface area contributed by atoms with Gasteiger partial charge in [0.2, 0.25) is 0 Å². The van der Waals surface area contributed by atoms with Gasteiger partial charge in [-0.1, -0.05) is 64.2 Å². The van der Waals surface area contributed by atoms with E-state index in [-0.39, 0.29) is 6.04 Å². The average Bonchev–Trinajstić information content (AvgIpc) is 2.47. The minimum Gasteiger partial charge on any atom is -0.324 e. The Labute approximate surface area is 118 Å². The smallest absolute Gasteiger partial charge is 0.0300 e. The first-order valence-corrected chi connectivity index (χ1v) is 8.11. The molecule has 0 aromatic heterocycles. The molecule has 1 heteroatoms. The van der Waals surface area contributed by atoms with E-state index in [2.05, 4.69) is 32.0 Å². The summed E-state index contributed by atoms with van der Waals surface area (Å²) in [5.74, 6) is 0.860. The van der Waals surface area contributed by atoms with Crippen LogP contribution in [0.15, 0.2) is 18.2 Å². The van der Waals surface area contributed by atoms with Crippen molar-refractivity contribution in [3.63, 3.8) is 0 Å². The van der Waals surface area contributed by atoms with Crippen LogP contribution in [0.2, 0.25) is 0 Å². The van der Waals surface area contributed by atoms with Crippen LogP contribution in [-0.4, -0.2) is 0 Å². The van der Waals surface area contributed by atoms with Gasteiger partial charge in [-0.3, -0.25) is 0 Å². The lowest BCUT2D eigenvalue weighted by molar-refractivity contribution is 0.319. The lowest BCUT2D eigenvalue weighted by Crippen LogP contribution is -2.19. The predicted molar refractivity (Wildman–Crippen MR) is 83.3 cm³/mol. The van der Waals surface area contributed by atoms with Crippen LogP contribution in [0, 0.1) is 5.92 Å². The fourth-order valence-corrected chi connectivity index (χ4v) is 3.44. The molecular weight excluding hydrogens is 230 g/mol. The van der Waals surface area contributed by atoms with Gasteiger partial charge in [-0.05, 0) is 41.9 Å². The van der Waals surface area contributed by atoms with Crippen molar-refractivity contribution >= 4 is 0 Å². The third-order valence-corrected chi connectivity index (χ3v) is 4.71. The monoisotopic (exact) mass is 259 g/mol. The maximum absolute atomic E-state index is 6.53. The van der Waals surface area contributed by atoms with E-state index >= 15 is 0 Å². The zero-order valence-corrected chi connectivity index (χ0v) is 12.6. The molecule has 1 atom stereocenters. The highest BCUT2D eigenvalue weighted by atomic mass is 14.6. The van der Waals surface area contributed by atoms with E-state index in [1.165, 1.54) is 55.2 Å². The van der Waals surface area contributed by atoms with Crippen LogP contribution in [0.25, 0.3) is 0 Å². The van der Waals surface area contributed by atoms with Crippen LogP contribution in [0.3, 0.4) is 0 Å². The van der Waals surface area contributed by atoms with Gasteiger partial charge in [0.05, 0.1) is 0 Å². The highest BCUT2D eigenvalue weighted by molar-refractivity contribution is 5.34. The summed E-state index contributed by atoms with van der Waals surface area (Å²) in [7, 11) is 0. The topological polar surface area (TPSA) is 26.0 Å². The summed E-state index contributed by atoms with van der Waals surface area (Å²) in [5.41, 5.74) is 10.8. The SMILES string of the molecule is CCc1ccc(CC)c(C(N)CC2CCCCC2)c1. The van der Waals surface area contributed by atoms with E-state index < -0.39 is 0 Å². The highest BCUT2D eigenvalue weighted by Crippen LogP contribution is 2.32. The Morgan fingerprint density at radius 1 is 1.11 bits per heavy atom. The summed E-state index contributed by atoms with van der Waals surface area (Å²) >= 11 is 0. The Morgan fingerprint density at radius 3 is 2.47 bits per heavy atom. The largest absolute Gasteiger partial charge is 0.324 e. The molecule has 1 aromatic rings. The molecule has 0 spiro atoms. The van der Waals surface area contributed by atoms with E-state index in [9.17, 15) is 0 Å². The van der Waals surface area contributed by atoms with E-state index in [0.29, 0.717) is 0 Å². The van der Waals surface area contributed by atoms with Crippen LogP contribution < -0.4 is 5.73 Å². The van der Waals surface area contributed by atoms with Crippen molar-refractivity contribution in [3.8, 4) is 0 Å². The molecule has 2 N–H and O–H groups in total. The molecule has 0 radical (unpaired) electrons. The van der Waals surface area contributed by atoms with Crippen molar-refractivity contribution in [3.05, 3.63) is 34.9 Å². The summed E-state index contributed by atoms with van der Waals surface area (Å²) in [4.78, 5) is 0. The molecule has 1 aliphatic carbocycles. The second kappa shape index (κ2) is 7.09. The lowest BCUT2D eigenvalue weighted by atomic mass is 9.82. The molecule has 0 amide bonds. The maximum atomic E-state index is 6.53. The van der Waals surface area contributed by atoms with E-state index in [4.69, 9.17) is 5.73 Å². The van der Waals surface area contributed by atoms with Gasteiger partial charge in [0, 0.05) is 6.04 Å². The Bertz CT molecular complexity index is 391. The second-order valence-corrected chi connectivity index (χ2v) is 6.09. The van der Waals surface area contributed by atoms with Crippen LogP contribution in [0.5, 0.6) is 0 Å². The quantitative estimate of drug-likeness (QED) is 0.809. The minimum atomic E-state index is 0.240. The van der Waals surface area contributed by atoms with Gasteiger partial charge in [-0.2, -0.15) is 0 Å². The van der Waals surface area contributed by atoms with Gasteiger partial charge in [0.25, 0.3) is 0 Å². The fraction of sp³-hybridized carbons (Fsp3) is 0.667. The minimum absolute atomic E-state index is 0.240. The van der Waals surface area contributed by atoms with Crippen LogP contribution in [0.4, 0.5) is 0 Å². The molecule has 19 heavy (non-hydrogen) atoms. The summed E-state index contributed by atoms with van der Waals surface area (Å²) in [6.45, 7) is 4.45. The standard InChI is InChI=1S/C18H29N/c1-3-14-10-11-16(4-2)17(12-14)18(19)13-15-8-6-5-7-9-15/h10-12,15,18H,3-9,13,19H2,1-2H3. The second-order valence-electron chi connectivity index (χ2n) is 6.09. The average molecular weight is 259 g/mol. The lowest BCUT2D eigenvalue weighted by Gasteiger charge is -2.26. The molecule has 0 bridgehead atoms. The summed E-state index contributed by atoms with van der Waals surface area (Å²) in [6, 6.07) is 7.14. The molecule has 1 nitrogen and oxygen atoms in total. The van der Waals surface area contributed by atoms with Crippen LogP contribution in [0.1, 0.15) is 75.1 Å². The first-order chi connectivity index (χ1) is 9.24. The molecule has 1 fully saturated rings. The van der Waals surface area contributed by atoms with E-state index in [1.54, 1.807) is 0 Å². The predicted octanol–water partition coefficient (Wildman–Crippen LogP) is 4.78. The molecule has 1 aromatic carbocycles. The van der Waals surface area contributed by atoms with Crippen molar-refractivity contribution < 1.29 is 0 Å². The first-order valence-electron chi connectivity index (χ1n) is 8.11. The Balaban J connectivity index is 2.09. The third kappa shape index (κ3) is 3.82. The zero-order valence-electron chi connectivity index (χ0n) is 12.6. The number of benzene rings is 1. The van der Waals surface area contributed by atoms with Crippen molar-refractivity contribution in [1.82, 2.24) is 0 Å². The van der Waals surface area contributed by atoms with Crippen molar-refractivity contribution in [2.45, 2.75) is 71.3 Å². The number of hydrogen-bond donors (Lipinski definition) is 1. The Morgan fingerprint density at radius 2 is 1.84 bits per heavy atom. The van der Waals surface area contributed by atoms with Crippen LogP contribution in [-0.2, 0) is 12.8 Å². The molecule has 106 valence electrons. The highest BCUT2D eigenvalue weighted by Gasteiger charge is 2.19. The normalized spacial score (nSPS) is 18.5. The number of nitrogens with two attached hydrogens (primary N) is 1. The van der Waals surface area contributed by atoms with E-state index in [1.807, 2.05) is 0 Å². The van der Waals surface area contributed by atoms with Crippen molar-refractivity contribution in [2.24, 2.45) is 11.7 Å². The van der Waals surface area contributed by atoms with Gasteiger partial charge >= 0.3 is 0 Å². The first kappa shape index (κ1) is 14.6. The molecule has 1 unspecified atom stereocenters. The summed E-state index contributed by atoms with van der Waals surface area (Å²) in [5, 5.41) is 0. The molecule has 0 aliphatic heterocycles. The van der Waals surface area contributed by atoms with Gasteiger partial charge in [0.1, 0.15) is 0 Å². The molecule has 0 saturated heterocycles. The Hall–Kier alpha value is -0.820.